The number of hydrogen-bond donors (Lipinski definition) is 1. The van der Waals surface area contributed by atoms with Gasteiger partial charge in [-0.05, 0) is 58.4 Å². The summed E-state index contributed by atoms with van der Waals surface area (Å²) in [6.45, 7) is 7.00. The monoisotopic (exact) mass is 350 g/mol. The van der Waals surface area contributed by atoms with Gasteiger partial charge < -0.3 is 19.3 Å². The first-order chi connectivity index (χ1) is 11.9. The van der Waals surface area contributed by atoms with Gasteiger partial charge in [0.05, 0.1) is 18.3 Å². The van der Waals surface area contributed by atoms with E-state index >= 15 is 0 Å². The first kappa shape index (κ1) is 19.1. The molecule has 2 fully saturated rings. The Hall–Kier alpha value is -0.680. The molecule has 4 heteroatoms. The Balaban J connectivity index is 1.64. The molecule has 3 heterocycles. The molecule has 1 N–H and O–H groups in total. The average Bonchev–Trinajstić information content (AvgIpc) is 2.93. The van der Waals surface area contributed by atoms with Crippen molar-refractivity contribution < 1.29 is 19.3 Å². The predicted octanol–water partition coefficient (Wildman–Crippen LogP) is 4.62. The van der Waals surface area contributed by atoms with Crippen LogP contribution in [0.1, 0.15) is 78.6 Å². The highest BCUT2D eigenvalue weighted by atomic mass is 16.8. The van der Waals surface area contributed by atoms with Crippen molar-refractivity contribution in [2.75, 3.05) is 6.61 Å². The third kappa shape index (κ3) is 4.02. The molecule has 4 nitrogen and oxygen atoms in total. The fourth-order valence-corrected chi connectivity index (χ4v) is 4.38. The molecule has 4 atom stereocenters. The summed E-state index contributed by atoms with van der Waals surface area (Å²) in [6.07, 6.45) is 14.0. The fraction of sp³-hybridized carbons (Fsp3) is 0.810. The second kappa shape index (κ2) is 7.51. The van der Waals surface area contributed by atoms with Crippen molar-refractivity contribution in [2.24, 2.45) is 0 Å². The fourth-order valence-electron chi connectivity index (χ4n) is 4.38. The minimum Gasteiger partial charge on any atom is -0.390 e. The Kier molecular flexibility index (Phi) is 5.74. The Labute approximate surface area is 152 Å². The SMILES string of the molecule is C/C=C(\CC)CC[C@@H](O)[C@]1(C)CC[C@@]2(CC=C[C@@]3(CCCCO3)O2)O1. The number of aliphatic hydroxyl groups is 1. The van der Waals surface area contributed by atoms with Crippen LogP contribution in [0.25, 0.3) is 0 Å². The van der Waals surface area contributed by atoms with Crippen LogP contribution in [-0.4, -0.2) is 35.0 Å². The second-order valence-electron chi connectivity index (χ2n) is 8.01. The van der Waals surface area contributed by atoms with Crippen LogP contribution in [0.4, 0.5) is 0 Å². The van der Waals surface area contributed by atoms with Gasteiger partial charge in [0.1, 0.15) is 0 Å². The van der Waals surface area contributed by atoms with Crippen LogP contribution in [0.3, 0.4) is 0 Å². The van der Waals surface area contributed by atoms with Crippen LogP contribution >= 0.6 is 0 Å². The molecule has 3 aliphatic rings. The van der Waals surface area contributed by atoms with Gasteiger partial charge in [0.15, 0.2) is 11.6 Å². The van der Waals surface area contributed by atoms with Crippen molar-refractivity contribution in [2.45, 2.75) is 102 Å². The van der Waals surface area contributed by atoms with E-state index in [-0.39, 0.29) is 0 Å². The maximum atomic E-state index is 10.8. The third-order valence-corrected chi connectivity index (χ3v) is 6.15. The molecule has 142 valence electrons. The molecule has 0 aromatic rings. The highest BCUT2D eigenvalue weighted by Gasteiger charge is 2.55. The summed E-state index contributed by atoms with van der Waals surface area (Å²) >= 11 is 0. The van der Waals surface area contributed by atoms with E-state index in [0.717, 1.165) is 64.4 Å². The van der Waals surface area contributed by atoms with Gasteiger partial charge in [0, 0.05) is 19.3 Å². The van der Waals surface area contributed by atoms with E-state index in [1.807, 2.05) is 6.92 Å². The van der Waals surface area contributed by atoms with Gasteiger partial charge in [0.2, 0.25) is 0 Å². The second-order valence-corrected chi connectivity index (χ2v) is 8.01. The smallest absolute Gasteiger partial charge is 0.191 e. The summed E-state index contributed by atoms with van der Waals surface area (Å²) in [5.74, 6) is -1.26. The Bertz CT molecular complexity index is 520. The molecule has 3 rings (SSSR count). The Morgan fingerprint density at radius 3 is 2.76 bits per heavy atom. The highest BCUT2D eigenvalue weighted by molar-refractivity contribution is 5.09. The standard InChI is InChI=1S/C21H34O4/c1-4-17(5-2)9-10-18(22)19(3)14-15-21(24-19)13-8-12-20(25-21)11-6-7-16-23-20/h4,8,12,18,22H,5-7,9-11,13-16H2,1-3H3/b17-4+/t18-,19+,20-,21+/m1/s1. The van der Waals surface area contributed by atoms with E-state index in [9.17, 15) is 5.11 Å². The Morgan fingerprint density at radius 2 is 2.08 bits per heavy atom. The number of aliphatic hydroxyl groups excluding tert-OH is 1. The third-order valence-electron chi connectivity index (χ3n) is 6.15. The molecule has 0 unspecified atom stereocenters. The normalized spacial score (nSPS) is 40.1. The van der Waals surface area contributed by atoms with Crippen LogP contribution in [-0.2, 0) is 14.2 Å². The molecule has 2 saturated heterocycles. The first-order valence-corrected chi connectivity index (χ1v) is 9.99. The van der Waals surface area contributed by atoms with E-state index in [2.05, 4.69) is 32.1 Å². The average molecular weight is 350 g/mol. The quantitative estimate of drug-likeness (QED) is 0.735. The number of allylic oxidation sites excluding steroid dienone is 2. The van der Waals surface area contributed by atoms with E-state index < -0.39 is 23.3 Å². The lowest BCUT2D eigenvalue weighted by atomic mass is 9.90. The maximum Gasteiger partial charge on any atom is 0.191 e. The number of ether oxygens (including phenoxy) is 3. The van der Waals surface area contributed by atoms with Gasteiger partial charge >= 0.3 is 0 Å². The predicted molar refractivity (Wildman–Crippen MR) is 98.1 cm³/mol. The number of rotatable bonds is 5. The van der Waals surface area contributed by atoms with Crippen molar-refractivity contribution in [3.8, 4) is 0 Å². The lowest BCUT2D eigenvalue weighted by molar-refractivity contribution is -0.361. The molecule has 0 aromatic heterocycles. The summed E-state index contributed by atoms with van der Waals surface area (Å²) in [6, 6.07) is 0. The summed E-state index contributed by atoms with van der Waals surface area (Å²) in [5.41, 5.74) is 0.843. The zero-order valence-corrected chi connectivity index (χ0v) is 16.1. The first-order valence-electron chi connectivity index (χ1n) is 9.99. The lowest BCUT2D eigenvalue weighted by Gasteiger charge is -2.45. The Morgan fingerprint density at radius 1 is 1.24 bits per heavy atom. The zero-order valence-electron chi connectivity index (χ0n) is 16.1. The van der Waals surface area contributed by atoms with Crippen LogP contribution in [0.15, 0.2) is 23.8 Å². The molecule has 0 saturated carbocycles. The molecule has 0 amide bonds. The van der Waals surface area contributed by atoms with E-state index in [4.69, 9.17) is 14.2 Å². The highest BCUT2D eigenvalue weighted by Crippen LogP contribution is 2.49. The van der Waals surface area contributed by atoms with Crippen LogP contribution in [0.2, 0.25) is 0 Å². The maximum absolute atomic E-state index is 10.8. The molecule has 0 aromatic carbocycles. The minimum absolute atomic E-state index is 0.480. The van der Waals surface area contributed by atoms with Gasteiger partial charge in [-0.3, -0.25) is 0 Å². The lowest BCUT2D eigenvalue weighted by Crippen LogP contribution is -2.51. The molecular formula is C21H34O4. The molecular weight excluding hydrogens is 316 g/mol. The van der Waals surface area contributed by atoms with E-state index in [1.54, 1.807) is 0 Å². The van der Waals surface area contributed by atoms with E-state index in [0.29, 0.717) is 0 Å². The molecule has 2 spiro atoms. The molecule has 0 bridgehead atoms. The van der Waals surface area contributed by atoms with Crippen molar-refractivity contribution >= 4 is 0 Å². The summed E-state index contributed by atoms with van der Waals surface area (Å²) in [7, 11) is 0. The topological polar surface area (TPSA) is 47.9 Å². The zero-order chi connectivity index (χ0) is 18.0. The van der Waals surface area contributed by atoms with E-state index in [1.165, 1.54) is 5.57 Å². The summed E-state index contributed by atoms with van der Waals surface area (Å²) in [4.78, 5) is 0. The van der Waals surface area contributed by atoms with Gasteiger partial charge in [-0.2, -0.15) is 0 Å². The van der Waals surface area contributed by atoms with Gasteiger partial charge in [-0.1, -0.05) is 24.6 Å². The summed E-state index contributed by atoms with van der Waals surface area (Å²) in [5, 5.41) is 10.8. The molecule has 25 heavy (non-hydrogen) atoms. The van der Waals surface area contributed by atoms with Crippen molar-refractivity contribution in [1.29, 1.82) is 0 Å². The molecule has 0 radical (unpaired) electrons. The summed E-state index contributed by atoms with van der Waals surface area (Å²) < 4.78 is 18.8. The van der Waals surface area contributed by atoms with Gasteiger partial charge in [0.25, 0.3) is 0 Å². The van der Waals surface area contributed by atoms with Gasteiger partial charge in [-0.25, -0.2) is 0 Å². The van der Waals surface area contributed by atoms with Crippen LogP contribution < -0.4 is 0 Å². The van der Waals surface area contributed by atoms with Crippen LogP contribution in [0.5, 0.6) is 0 Å². The van der Waals surface area contributed by atoms with Gasteiger partial charge in [-0.15, -0.1) is 0 Å². The van der Waals surface area contributed by atoms with Crippen molar-refractivity contribution in [1.82, 2.24) is 0 Å². The van der Waals surface area contributed by atoms with Crippen molar-refractivity contribution in [3.05, 3.63) is 23.8 Å². The largest absolute Gasteiger partial charge is 0.390 e. The van der Waals surface area contributed by atoms with Crippen LogP contribution in [0, 0.1) is 0 Å². The molecule has 3 aliphatic heterocycles. The minimum atomic E-state index is -0.643. The van der Waals surface area contributed by atoms with Crippen molar-refractivity contribution in [3.63, 3.8) is 0 Å². The molecule has 0 aliphatic carbocycles. The number of hydrogen-bond acceptors (Lipinski definition) is 4.